The molecule has 1 fully saturated rings. The summed E-state index contributed by atoms with van der Waals surface area (Å²) in [5, 5.41) is 4.89. The summed E-state index contributed by atoms with van der Waals surface area (Å²) < 4.78 is 6.13. The smallest absolute Gasteiger partial charge is 0.142 e. The second kappa shape index (κ2) is 14.2. The highest BCUT2D eigenvalue weighted by atomic mass is 35.5. The van der Waals surface area contributed by atoms with Gasteiger partial charge in [-0.05, 0) is 56.1 Å². The van der Waals surface area contributed by atoms with E-state index in [-0.39, 0.29) is 24.8 Å². The van der Waals surface area contributed by atoms with Crippen LogP contribution in [0.2, 0.25) is 10.0 Å². The van der Waals surface area contributed by atoms with Crippen LogP contribution in [0.5, 0.6) is 5.75 Å². The largest absolute Gasteiger partial charge is 0.487 e. The first-order valence-electron chi connectivity index (χ1n) is 11.2. The van der Waals surface area contributed by atoms with Gasteiger partial charge in [0.05, 0.1) is 5.02 Å². The van der Waals surface area contributed by atoms with E-state index in [1.54, 1.807) is 6.07 Å². The van der Waals surface area contributed by atoms with Crippen molar-refractivity contribution in [1.29, 1.82) is 0 Å². The molecule has 0 aromatic heterocycles. The summed E-state index contributed by atoms with van der Waals surface area (Å²) >= 11 is 12.8. The molecule has 1 N–H and O–H groups in total. The molecule has 0 saturated carbocycles. The molecule has 1 aliphatic heterocycles. The van der Waals surface area contributed by atoms with Crippen molar-refractivity contribution in [3.05, 3.63) is 99.0 Å². The normalized spacial score (nSPS) is 14.2. The lowest BCUT2D eigenvalue weighted by atomic mass is 10.0. The van der Waals surface area contributed by atoms with Crippen molar-refractivity contribution in [3.8, 4) is 5.75 Å². The number of likely N-dealkylation sites (tertiary alicyclic amines) is 1. The van der Waals surface area contributed by atoms with Crippen LogP contribution in [-0.4, -0.2) is 24.0 Å². The van der Waals surface area contributed by atoms with E-state index in [4.69, 9.17) is 27.9 Å². The number of benzene rings is 3. The maximum absolute atomic E-state index is 6.50. The third-order valence-corrected chi connectivity index (χ3v) is 6.51. The minimum Gasteiger partial charge on any atom is -0.487 e. The highest BCUT2D eigenvalue weighted by molar-refractivity contribution is 6.35. The molecule has 184 valence electrons. The van der Waals surface area contributed by atoms with Crippen LogP contribution in [-0.2, 0) is 19.7 Å². The lowest BCUT2D eigenvalue weighted by molar-refractivity contribution is 0.189. The second-order valence-electron chi connectivity index (χ2n) is 8.57. The molecule has 3 aromatic rings. The van der Waals surface area contributed by atoms with Crippen molar-refractivity contribution in [3.63, 3.8) is 0 Å². The molecule has 0 bridgehead atoms. The third-order valence-electron chi connectivity index (χ3n) is 6.01. The molecule has 1 aliphatic rings. The maximum atomic E-state index is 6.50. The number of nitrogens with zero attached hydrogens (tertiary/aromatic N) is 1. The van der Waals surface area contributed by atoms with E-state index in [1.165, 1.54) is 11.1 Å². The van der Waals surface area contributed by atoms with Crippen LogP contribution in [0.1, 0.15) is 35.1 Å². The average Bonchev–Trinajstić information content (AvgIpc) is 2.80. The van der Waals surface area contributed by atoms with Crippen LogP contribution in [0.15, 0.2) is 66.7 Å². The quantitative estimate of drug-likeness (QED) is 0.320. The Morgan fingerprint density at radius 1 is 0.912 bits per heavy atom. The van der Waals surface area contributed by atoms with Gasteiger partial charge in [0, 0.05) is 29.7 Å². The van der Waals surface area contributed by atoms with Gasteiger partial charge in [-0.1, -0.05) is 83.4 Å². The number of aryl methyl sites for hydroxylation is 1. The summed E-state index contributed by atoms with van der Waals surface area (Å²) in [5.74, 6) is 0.714. The molecule has 0 radical (unpaired) electrons. The van der Waals surface area contributed by atoms with Crippen molar-refractivity contribution < 1.29 is 4.74 Å². The molecule has 3 aromatic carbocycles. The Kier molecular flexibility index (Phi) is 12.0. The van der Waals surface area contributed by atoms with Crippen molar-refractivity contribution in [2.45, 2.75) is 45.5 Å². The summed E-state index contributed by atoms with van der Waals surface area (Å²) in [4.78, 5) is 2.53. The average molecular weight is 542 g/mol. The summed E-state index contributed by atoms with van der Waals surface area (Å²) in [5.41, 5.74) is 4.73. The number of ether oxygens (including phenoxy) is 1. The van der Waals surface area contributed by atoms with Gasteiger partial charge < -0.3 is 10.1 Å². The summed E-state index contributed by atoms with van der Waals surface area (Å²) in [6.07, 6.45) is 2.25. The predicted octanol–water partition coefficient (Wildman–Crippen LogP) is 7.48. The fourth-order valence-corrected chi connectivity index (χ4v) is 4.73. The zero-order chi connectivity index (χ0) is 22.3. The van der Waals surface area contributed by atoms with E-state index in [0.717, 1.165) is 43.6 Å². The zero-order valence-electron chi connectivity index (χ0n) is 19.3. The van der Waals surface area contributed by atoms with Crippen molar-refractivity contribution in [2.24, 2.45) is 0 Å². The molecule has 1 heterocycles. The predicted molar refractivity (Wildman–Crippen MR) is 148 cm³/mol. The van der Waals surface area contributed by atoms with Crippen molar-refractivity contribution in [1.82, 2.24) is 10.2 Å². The Morgan fingerprint density at radius 2 is 1.59 bits per heavy atom. The van der Waals surface area contributed by atoms with Gasteiger partial charge in [0.15, 0.2) is 0 Å². The number of rotatable bonds is 8. The molecule has 7 heteroatoms. The van der Waals surface area contributed by atoms with Gasteiger partial charge in [-0.25, -0.2) is 0 Å². The fourth-order valence-electron chi connectivity index (χ4n) is 4.14. The number of piperidine rings is 1. The van der Waals surface area contributed by atoms with Gasteiger partial charge in [0.1, 0.15) is 12.4 Å². The van der Waals surface area contributed by atoms with Crippen molar-refractivity contribution >= 4 is 48.0 Å². The minimum atomic E-state index is 0. The van der Waals surface area contributed by atoms with Gasteiger partial charge >= 0.3 is 0 Å². The van der Waals surface area contributed by atoms with Crippen LogP contribution >= 0.6 is 48.0 Å². The molecular formula is C27H32Cl4N2O. The molecule has 0 unspecified atom stereocenters. The third kappa shape index (κ3) is 8.34. The van der Waals surface area contributed by atoms with E-state index in [9.17, 15) is 0 Å². The van der Waals surface area contributed by atoms with Crippen LogP contribution in [0, 0.1) is 6.92 Å². The Morgan fingerprint density at radius 3 is 2.26 bits per heavy atom. The standard InChI is InChI=1S/C27H30Cl2N2O.2ClH/c1-20-7-9-22(10-8-20)19-32-27-23(15-24(28)16-26(27)29)17-30-25-11-13-31(14-12-25)18-21-5-3-2-4-6-21;;/h2-10,15-16,25,30H,11-14,17-19H2,1H3;2*1H. The van der Waals surface area contributed by atoms with Gasteiger partial charge in [-0.15, -0.1) is 24.8 Å². The highest BCUT2D eigenvalue weighted by Gasteiger charge is 2.20. The van der Waals surface area contributed by atoms with Gasteiger partial charge in [0.2, 0.25) is 0 Å². The van der Waals surface area contributed by atoms with E-state index in [2.05, 4.69) is 71.7 Å². The van der Waals surface area contributed by atoms with Gasteiger partial charge in [-0.2, -0.15) is 0 Å². The Labute approximate surface area is 225 Å². The maximum Gasteiger partial charge on any atom is 0.142 e. The molecule has 3 nitrogen and oxygen atoms in total. The number of hydrogen-bond donors (Lipinski definition) is 1. The molecule has 0 spiro atoms. The van der Waals surface area contributed by atoms with E-state index in [1.807, 2.05) is 6.07 Å². The monoisotopic (exact) mass is 540 g/mol. The summed E-state index contributed by atoms with van der Waals surface area (Å²) in [6.45, 7) is 6.46. The fraction of sp³-hybridized carbons (Fsp3) is 0.333. The highest BCUT2D eigenvalue weighted by Crippen LogP contribution is 2.33. The number of nitrogens with one attached hydrogen (secondary N) is 1. The molecule has 4 rings (SSSR count). The molecule has 34 heavy (non-hydrogen) atoms. The second-order valence-corrected chi connectivity index (χ2v) is 9.41. The Hall–Kier alpha value is -1.46. The first-order valence-corrected chi connectivity index (χ1v) is 12.0. The molecule has 0 atom stereocenters. The van der Waals surface area contributed by atoms with Gasteiger partial charge in [-0.3, -0.25) is 4.90 Å². The first kappa shape index (κ1) is 28.8. The zero-order valence-corrected chi connectivity index (χ0v) is 22.5. The summed E-state index contributed by atoms with van der Waals surface area (Å²) in [7, 11) is 0. The number of halogens is 4. The molecular weight excluding hydrogens is 510 g/mol. The van der Waals surface area contributed by atoms with Crippen LogP contribution in [0.4, 0.5) is 0 Å². The Bertz CT molecular complexity index is 1010. The lowest BCUT2D eigenvalue weighted by Crippen LogP contribution is -2.41. The van der Waals surface area contributed by atoms with Crippen LogP contribution in [0.3, 0.4) is 0 Å². The van der Waals surface area contributed by atoms with Crippen LogP contribution < -0.4 is 10.1 Å². The molecule has 0 aliphatic carbocycles. The lowest BCUT2D eigenvalue weighted by Gasteiger charge is -2.32. The Balaban J connectivity index is 0.00000204. The van der Waals surface area contributed by atoms with Gasteiger partial charge in [0.25, 0.3) is 0 Å². The van der Waals surface area contributed by atoms with E-state index >= 15 is 0 Å². The van der Waals surface area contributed by atoms with E-state index < -0.39 is 0 Å². The van der Waals surface area contributed by atoms with Crippen molar-refractivity contribution in [2.75, 3.05) is 13.1 Å². The van der Waals surface area contributed by atoms with E-state index in [0.29, 0.717) is 35.0 Å². The topological polar surface area (TPSA) is 24.5 Å². The summed E-state index contributed by atoms with van der Waals surface area (Å²) in [6, 6.07) is 23.2. The van der Waals surface area contributed by atoms with Crippen LogP contribution in [0.25, 0.3) is 0 Å². The molecule has 1 saturated heterocycles. The SMILES string of the molecule is Cc1ccc(COc2c(Cl)cc(Cl)cc2CNC2CCN(Cc3ccccc3)CC2)cc1.Cl.Cl. The molecule has 0 amide bonds. The number of hydrogen-bond acceptors (Lipinski definition) is 3. The first-order chi connectivity index (χ1) is 15.6. The minimum absolute atomic E-state index is 0.